The quantitative estimate of drug-likeness (QED) is 0.492. The molecule has 0 N–H and O–H groups in total. The molecule has 2 heterocycles. The Morgan fingerprint density at radius 1 is 1.03 bits per heavy atom. The van der Waals surface area contributed by atoms with Crippen molar-refractivity contribution in [1.29, 1.82) is 0 Å². The number of hydrogen-bond acceptors (Lipinski definition) is 7. The first kappa shape index (κ1) is 22.0. The zero-order valence-corrected chi connectivity index (χ0v) is 19.3. The fourth-order valence-corrected chi connectivity index (χ4v) is 5.15. The highest BCUT2D eigenvalue weighted by Gasteiger charge is 2.42. The van der Waals surface area contributed by atoms with E-state index in [9.17, 15) is 14.4 Å². The van der Waals surface area contributed by atoms with Crippen LogP contribution in [0.4, 0.5) is 5.69 Å². The largest absolute Gasteiger partial charge is 0.493 e. The zero-order chi connectivity index (χ0) is 23.0. The molecule has 0 radical (unpaired) electrons. The van der Waals surface area contributed by atoms with Crippen molar-refractivity contribution in [3.8, 4) is 11.5 Å². The first-order valence-corrected chi connectivity index (χ1v) is 11.0. The van der Waals surface area contributed by atoms with Gasteiger partial charge in [-0.3, -0.25) is 19.3 Å². The summed E-state index contributed by atoms with van der Waals surface area (Å²) in [7, 11) is 3.14. The number of carbonyl (C=O) groups is 3. The molecule has 0 saturated carbocycles. The Morgan fingerprint density at radius 2 is 1.75 bits per heavy atom. The molecule has 2 aliphatic rings. The Hall–Kier alpha value is -3.17. The molecule has 7 nitrogen and oxygen atoms in total. The molecule has 32 heavy (non-hydrogen) atoms. The molecule has 3 amide bonds. The zero-order valence-electron chi connectivity index (χ0n) is 17.7. The van der Waals surface area contributed by atoms with Crippen molar-refractivity contribution in [2.24, 2.45) is 0 Å². The number of nitrogens with zero attached hydrogens (tertiary/aromatic N) is 2. The fourth-order valence-electron chi connectivity index (χ4n) is 3.77. The Balaban J connectivity index is 1.62. The van der Waals surface area contributed by atoms with Crippen LogP contribution in [0.3, 0.4) is 0 Å². The molecule has 0 spiro atoms. The number of anilines is 1. The first-order valence-electron chi connectivity index (χ1n) is 9.80. The van der Waals surface area contributed by atoms with Crippen molar-refractivity contribution in [3.05, 3.63) is 58.5 Å². The van der Waals surface area contributed by atoms with Crippen LogP contribution < -0.4 is 14.4 Å². The number of benzene rings is 2. The number of fused-ring (bicyclic) bond motifs is 1. The van der Waals surface area contributed by atoms with Crippen molar-refractivity contribution in [2.45, 2.75) is 13.3 Å². The molecule has 0 unspecified atom stereocenters. The molecular formula is C23H20N2O5S2. The van der Waals surface area contributed by atoms with Crippen molar-refractivity contribution in [3.63, 3.8) is 0 Å². The molecule has 9 heteroatoms. The van der Waals surface area contributed by atoms with Gasteiger partial charge in [0.15, 0.2) is 11.5 Å². The van der Waals surface area contributed by atoms with Gasteiger partial charge in [-0.15, -0.1) is 0 Å². The molecular weight excluding hydrogens is 448 g/mol. The first-order chi connectivity index (χ1) is 15.4. The van der Waals surface area contributed by atoms with E-state index in [2.05, 4.69) is 0 Å². The molecule has 2 aromatic carbocycles. The lowest BCUT2D eigenvalue weighted by atomic mass is 10.1. The molecule has 0 atom stereocenters. The SMILES string of the molecule is COc1ccc(CCN2C(=O)C(=C3C(=O)N(C(C)=O)c4ccccc43)SC2=S)cc1OC. The van der Waals surface area contributed by atoms with Gasteiger partial charge in [0.25, 0.3) is 11.8 Å². The molecule has 0 bridgehead atoms. The average Bonchev–Trinajstić information content (AvgIpc) is 3.23. The summed E-state index contributed by atoms with van der Waals surface area (Å²) >= 11 is 6.54. The molecule has 0 aromatic heterocycles. The number of hydrogen-bond donors (Lipinski definition) is 0. The van der Waals surface area contributed by atoms with Gasteiger partial charge < -0.3 is 9.47 Å². The lowest BCUT2D eigenvalue weighted by Crippen LogP contribution is -2.32. The Kier molecular flexibility index (Phi) is 6.03. The van der Waals surface area contributed by atoms with E-state index in [1.54, 1.807) is 38.5 Å². The van der Waals surface area contributed by atoms with Crippen LogP contribution in [0.1, 0.15) is 18.1 Å². The minimum Gasteiger partial charge on any atom is -0.493 e. The number of ether oxygens (including phenoxy) is 2. The van der Waals surface area contributed by atoms with Crippen molar-refractivity contribution in [1.82, 2.24) is 4.90 Å². The van der Waals surface area contributed by atoms with Crippen LogP contribution in [0.25, 0.3) is 5.57 Å². The number of thiocarbonyl (C=S) groups is 1. The molecule has 0 aliphatic carbocycles. The van der Waals surface area contributed by atoms with Crippen LogP contribution in [-0.4, -0.2) is 47.7 Å². The van der Waals surface area contributed by atoms with Crippen LogP contribution >= 0.6 is 24.0 Å². The summed E-state index contributed by atoms with van der Waals surface area (Å²) in [6.45, 7) is 1.68. The predicted molar refractivity (Wildman–Crippen MR) is 127 cm³/mol. The van der Waals surface area contributed by atoms with Gasteiger partial charge in [0, 0.05) is 19.0 Å². The maximum absolute atomic E-state index is 13.2. The molecule has 164 valence electrons. The molecule has 2 aromatic rings. The number of imide groups is 1. The number of carbonyl (C=O) groups excluding carboxylic acids is 3. The third kappa shape index (κ3) is 3.67. The number of thioether (sulfide) groups is 1. The van der Waals surface area contributed by atoms with Crippen LogP contribution in [0, 0.1) is 0 Å². The summed E-state index contributed by atoms with van der Waals surface area (Å²) < 4.78 is 11.0. The number of amides is 3. The maximum Gasteiger partial charge on any atom is 0.267 e. The minimum atomic E-state index is -0.501. The second-order valence-electron chi connectivity index (χ2n) is 7.14. The Bertz CT molecular complexity index is 1190. The number of methoxy groups -OCH3 is 2. The molecule has 1 fully saturated rings. The monoisotopic (exact) mass is 468 g/mol. The van der Waals surface area contributed by atoms with E-state index in [4.69, 9.17) is 21.7 Å². The van der Waals surface area contributed by atoms with E-state index < -0.39 is 11.8 Å². The van der Waals surface area contributed by atoms with E-state index in [-0.39, 0.29) is 16.4 Å². The summed E-state index contributed by atoms with van der Waals surface area (Å²) in [5.41, 5.74) is 2.22. The van der Waals surface area contributed by atoms with E-state index >= 15 is 0 Å². The third-order valence-electron chi connectivity index (χ3n) is 5.29. The molecule has 2 aliphatic heterocycles. The third-order valence-corrected chi connectivity index (χ3v) is 6.74. The van der Waals surface area contributed by atoms with Crippen LogP contribution in [0.5, 0.6) is 11.5 Å². The predicted octanol–water partition coefficient (Wildman–Crippen LogP) is 3.41. The van der Waals surface area contributed by atoms with E-state index in [0.717, 1.165) is 22.2 Å². The smallest absolute Gasteiger partial charge is 0.267 e. The summed E-state index contributed by atoms with van der Waals surface area (Å²) in [6.07, 6.45) is 0.541. The lowest BCUT2D eigenvalue weighted by molar-refractivity contribution is -0.124. The van der Waals surface area contributed by atoms with Crippen LogP contribution in [0.15, 0.2) is 47.4 Å². The highest BCUT2D eigenvalue weighted by atomic mass is 32.2. The Labute approximate surface area is 195 Å². The maximum atomic E-state index is 13.2. The van der Waals surface area contributed by atoms with Gasteiger partial charge in [-0.05, 0) is 30.2 Å². The van der Waals surface area contributed by atoms with Gasteiger partial charge >= 0.3 is 0 Å². The van der Waals surface area contributed by atoms with Gasteiger partial charge in [-0.25, -0.2) is 4.90 Å². The number of rotatable bonds is 5. The standard InChI is InChI=1S/C23H20N2O5S2/c1-13(26)25-16-7-5-4-6-15(16)19(21(25)27)20-22(28)24(23(31)32-20)11-10-14-8-9-17(29-2)18(12-14)30-3/h4-9,12H,10-11H2,1-3H3. The van der Waals surface area contributed by atoms with Crippen LogP contribution in [0.2, 0.25) is 0 Å². The van der Waals surface area contributed by atoms with Gasteiger partial charge in [-0.2, -0.15) is 0 Å². The van der Waals surface area contributed by atoms with E-state index in [1.807, 2.05) is 18.2 Å². The minimum absolute atomic E-state index is 0.224. The van der Waals surface area contributed by atoms with Gasteiger partial charge in [0.1, 0.15) is 4.32 Å². The van der Waals surface area contributed by atoms with Gasteiger partial charge in [0.2, 0.25) is 5.91 Å². The van der Waals surface area contributed by atoms with Crippen molar-refractivity contribution in [2.75, 3.05) is 25.7 Å². The topological polar surface area (TPSA) is 76.2 Å². The summed E-state index contributed by atoms with van der Waals surface area (Å²) in [6, 6.07) is 12.5. The lowest BCUT2D eigenvalue weighted by Gasteiger charge is -2.15. The molecule has 4 rings (SSSR count). The summed E-state index contributed by atoms with van der Waals surface area (Å²) in [4.78, 5) is 41.2. The van der Waals surface area contributed by atoms with Crippen molar-refractivity contribution >= 4 is 57.3 Å². The fraction of sp³-hybridized carbons (Fsp3) is 0.217. The van der Waals surface area contributed by atoms with Gasteiger partial charge in [0.05, 0.1) is 30.4 Å². The summed E-state index contributed by atoms with van der Waals surface area (Å²) in [5, 5.41) is 0. The van der Waals surface area contributed by atoms with Crippen molar-refractivity contribution < 1.29 is 23.9 Å². The highest BCUT2D eigenvalue weighted by Crippen LogP contribution is 2.44. The average molecular weight is 469 g/mol. The van der Waals surface area contributed by atoms with Gasteiger partial charge in [-0.1, -0.05) is 48.2 Å². The van der Waals surface area contributed by atoms with E-state index in [1.165, 1.54) is 11.8 Å². The normalized spacial score (nSPS) is 17.8. The second kappa shape index (κ2) is 8.76. The summed E-state index contributed by atoms with van der Waals surface area (Å²) in [5.74, 6) is -0.000439. The highest BCUT2D eigenvalue weighted by molar-refractivity contribution is 8.26. The molecule has 1 saturated heterocycles. The van der Waals surface area contributed by atoms with Crippen LogP contribution in [-0.2, 0) is 20.8 Å². The van der Waals surface area contributed by atoms with E-state index in [0.29, 0.717) is 40.0 Å². The number of para-hydroxylation sites is 1. The Morgan fingerprint density at radius 3 is 2.44 bits per heavy atom. The second-order valence-corrected chi connectivity index (χ2v) is 8.79.